The molecule has 2 aromatic carbocycles. The average Bonchev–Trinajstić information content (AvgIpc) is 2.50. The van der Waals surface area contributed by atoms with Gasteiger partial charge in [-0.1, -0.05) is 35.9 Å². The van der Waals surface area contributed by atoms with Crippen LogP contribution in [0, 0.1) is 6.92 Å². The minimum Gasteiger partial charge on any atom is -0.325 e. The van der Waals surface area contributed by atoms with Crippen molar-refractivity contribution in [1.29, 1.82) is 0 Å². The third-order valence-electron chi connectivity index (χ3n) is 3.63. The zero-order valence-electron chi connectivity index (χ0n) is 14.2. The molecular formula is C18H21ClN2O3S. The van der Waals surface area contributed by atoms with Crippen LogP contribution in [-0.2, 0) is 21.2 Å². The summed E-state index contributed by atoms with van der Waals surface area (Å²) in [5.41, 5.74) is 2.58. The molecule has 0 radical (unpaired) electrons. The molecule has 25 heavy (non-hydrogen) atoms. The highest BCUT2D eigenvalue weighted by atomic mass is 35.5. The Balaban J connectivity index is 2.01. The molecule has 0 aliphatic heterocycles. The van der Waals surface area contributed by atoms with Crippen LogP contribution in [0.25, 0.3) is 0 Å². The van der Waals surface area contributed by atoms with E-state index in [1.165, 1.54) is 4.31 Å². The molecule has 1 amide bonds. The van der Waals surface area contributed by atoms with Crippen LogP contribution in [0.5, 0.6) is 0 Å². The van der Waals surface area contributed by atoms with Crippen LogP contribution >= 0.6 is 11.6 Å². The highest BCUT2D eigenvalue weighted by Gasteiger charge is 2.20. The van der Waals surface area contributed by atoms with Crippen LogP contribution in [0.1, 0.15) is 11.1 Å². The second kappa shape index (κ2) is 8.47. The van der Waals surface area contributed by atoms with Crippen molar-refractivity contribution in [3.05, 3.63) is 64.7 Å². The molecule has 0 unspecified atom stereocenters. The standard InChI is InChI=1S/C18H21ClN2O3S/c1-14-5-3-8-17(11-14)20-18(22)13-21(25(2,23)24)10-9-15-6-4-7-16(19)12-15/h3-8,11-12H,9-10,13H2,1-2H3,(H,20,22). The van der Waals surface area contributed by atoms with Gasteiger partial charge in [0.2, 0.25) is 15.9 Å². The maximum absolute atomic E-state index is 12.2. The quantitative estimate of drug-likeness (QED) is 0.802. The molecule has 0 aliphatic carbocycles. The zero-order chi connectivity index (χ0) is 18.4. The van der Waals surface area contributed by atoms with Crippen molar-refractivity contribution in [3.63, 3.8) is 0 Å². The molecule has 1 N–H and O–H groups in total. The van der Waals surface area contributed by atoms with Crippen LogP contribution in [0.3, 0.4) is 0 Å². The second-order valence-electron chi connectivity index (χ2n) is 5.89. The van der Waals surface area contributed by atoms with Gasteiger partial charge in [-0.3, -0.25) is 4.79 Å². The molecule has 0 aliphatic rings. The van der Waals surface area contributed by atoms with Gasteiger partial charge in [0, 0.05) is 17.3 Å². The summed E-state index contributed by atoms with van der Waals surface area (Å²) in [4.78, 5) is 12.2. The number of anilines is 1. The number of nitrogens with one attached hydrogen (secondary N) is 1. The lowest BCUT2D eigenvalue weighted by atomic mass is 10.1. The number of halogens is 1. The molecule has 0 atom stereocenters. The Morgan fingerprint density at radius 1 is 1.16 bits per heavy atom. The van der Waals surface area contributed by atoms with Crippen LogP contribution in [-0.4, -0.2) is 38.0 Å². The van der Waals surface area contributed by atoms with Gasteiger partial charge in [-0.05, 0) is 48.7 Å². The zero-order valence-corrected chi connectivity index (χ0v) is 15.8. The number of sulfonamides is 1. The Kier molecular flexibility index (Phi) is 6.58. The predicted octanol–water partition coefficient (Wildman–Crippen LogP) is 3.09. The van der Waals surface area contributed by atoms with Crippen molar-refractivity contribution in [2.45, 2.75) is 13.3 Å². The molecule has 134 valence electrons. The first-order valence-electron chi connectivity index (χ1n) is 7.80. The topological polar surface area (TPSA) is 66.5 Å². The van der Waals surface area contributed by atoms with E-state index >= 15 is 0 Å². The largest absolute Gasteiger partial charge is 0.325 e. The van der Waals surface area contributed by atoms with Crippen molar-refractivity contribution in [1.82, 2.24) is 4.31 Å². The summed E-state index contributed by atoms with van der Waals surface area (Å²) in [5.74, 6) is -0.373. The molecular weight excluding hydrogens is 360 g/mol. The number of amides is 1. The first kappa shape index (κ1) is 19.4. The number of carbonyl (C=O) groups excluding carboxylic acids is 1. The first-order chi connectivity index (χ1) is 11.7. The molecule has 0 saturated carbocycles. The monoisotopic (exact) mass is 380 g/mol. The summed E-state index contributed by atoms with van der Waals surface area (Å²) in [6, 6.07) is 14.6. The van der Waals surface area contributed by atoms with Crippen LogP contribution in [0.15, 0.2) is 48.5 Å². The molecule has 0 heterocycles. The minimum absolute atomic E-state index is 0.209. The lowest BCUT2D eigenvalue weighted by Crippen LogP contribution is -2.38. The Labute approximate surface area is 153 Å². The summed E-state index contributed by atoms with van der Waals surface area (Å²) in [6.07, 6.45) is 1.58. The van der Waals surface area contributed by atoms with Gasteiger partial charge in [-0.2, -0.15) is 4.31 Å². The minimum atomic E-state index is -3.50. The maximum atomic E-state index is 12.2. The van der Waals surface area contributed by atoms with Crippen molar-refractivity contribution >= 4 is 33.2 Å². The first-order valence-corrected chi connectivity index (χ1v) is 10.0. The maximum Gasteiger partial charge on any atom is 0.239 e. The fourth-order valence-corrected chi connectivity index (χ4v) is 3.38. The summed E-state index contributed by atoms with van der Waals surface area (Å²) < 4.78 is 25.1. The smallest absolute Gasteiger partial charge is 0.239 e. The SMILES string of the molecule is Cc1cccc(NC(=O)CN(CCc2cccc(Cl)c2)S(C)(=O)=O)c1. The van der Waals surface area contributed by atoms with Gasteiger partial charge in [0.15, 0.2) is 0 Å². The van der Waals surface area contributed by atoms with E-state index < -0.39 is 10.0 Å². The lowest BCUT2D eigenvalue weighted by molar-refractivity contribution is -0.116. The van der Waals surface area contributed by atoms with E-state index in [1.54, 1.807) is 18.2 Å². The van der Waals surface area contributed by atoms with Gasteiger partial charge in [-0.15, -0.1) is 0 Å². The summed E-state index contributed by atoms with van der Waals surface area (Å²) in [7, 11) is -3.50. The number of benzene rings is 2. The number of rotatable bonds is 7. The van der Waals surface area contributed by atoms with Gasteiger partial charge >= 0.3 is 0 Å². The predicted molar refractivity (Wildman–Crippen MR) is 101 cm³/mol. The van der Waals surface area contributed by atoms with Crippen LogP contribution in [0.4, 0.5) is 5.69 Å². The molecule has 0 fully saturated rings. The fraction of sp³-hybridized carbons (Fsp3) is 0.278. The molecule has 2 rings (SSSR count). The van der Waals surface area contributed by atoms with Gasteiger partial charge in [0.25, 0.3) is 0 Å². The van der Waals surface area contributed by atoms with Crippen LogP contribution in [0.2, 0.25) is 5.02 Å². The molecule has 7 heteroatoms. The van der Waals surface area contributed by atoms with Crippen molar-refractivity contribution in [2.24, 2.45) is 0 Å². The van der Waals surface area contributed by atoms with Crippen molar-refractivity contribution < 1.29 is 13.2 Å². The van der Waals surface area contributed by atoms with E-state index in [-0.39, 0.29) is 19.0 Å². The van der Waals surface area contributed by atoms with E-state index in [0.29, 0.717) is 17.1 Å². The van der Waals surface area contributed by atoms with Gasteiger partial charge in [0.05, 0.1) is 12.8 Å². The van der Waals surface area contributed by atoms with E-state index in [4.69, 9.17) is 11.6 Å². The number of carbonyl (C=O) groups is 1. The number of hydrogen-bond donors (Lipinski definition) is 1. The van der Waals surface area contributed by atoms with Crippen LogP contribution < -0.4 is 5.32 Å². The molecule has 0 saturated heterocycles. The second-order valence-corrected chi connectivity index (χ2v) is 8.31. The van der Waals surface area contributed by atoms with E-state index in [9.17, 15) is 13.2 Å². The molecule has 2 aromatic rings. The molecule has 0 bridgehead atoms. The third kappa shape index (κ3) is 6.49. The van der Waals surface area contributed by atoms with Crippen molar-refractivity contribution in [2.75, 3.05) is 24.7 Å². The fourth-order valence-electron chi connectivity index (χ4n) is 2.39. The van der Waals surface area contributed by atoms with E-state index in [2.05, 4.69) is 5.32 Å². The number of nitrogens with zero attached hydrogens (tertiary/aromatic N) is 1. The molecule has 0 aromatic heterocycles. The Morgan fingerprint density at radius 3 is 2.52 bits per heavy atom. The van der Waals surface area contributed by atoms with E-state index in [1.807, 2.05) is 37.3 Å². The number of aryl methyl sites for hydroxylation is 1. The number of hydrogen-bond acceptors (Lipinski definition) is 3. The highest BCUT2D eigenvalue weighted by molar-refractivity contribution is 7.88. The Bertz CT molecular complexity index is 853. The summed E-state index contributed by atoms with van der Waals surface area (Å²) in [5, 5.41) is 3.32. The summed E-state index contributed by atoms with van der Waals surface area (Å²) >= 11 is 5.94. The Morgan fingerprint density at radius 2 is 1.88 bits per heavy atom. The lowest BCUT2D eigenvalue weighted by Gasteiger charge is -2.19. The van der Waals surface area contributed by atoms with Gasteiger partial charge < -0.3 is 5.32 Å². The molecule has 5 nitrogen and oxygen atoms in total. The average molecular weight is 381 g/mol. The normalized spacial score (nSPS) is 11.5. The van der Waals surface area contributed by atoms with Gasteiger partial charge in [-0.25, -0.2) is 8.42 Å². The third-order valence-corrected chi connectivity index (χ3v) is 5.11. The summed E-state index contributed by atoms with van der Waals surface area (Å²) in [6.45, 7) is 1.90. The molecule has 0 spiro atoms. The van der Waals surface area contributed by atoms with E-state index in [0.717, 1.165) is 17.4 Å². The highest BCUT2D eigenvalue weighted by Crippen LogP contribution is 2.13. The van der Waals surface area contributed by atoms with Gasteiger partial charge in [0.1, 0.15) is 0 Å². The van der Waals surface area contributed by atoms with Crippen molar-refractivity contribution in [3.8, 4) is 0 Å². The Hall–Kier alpha value is -1.89.